The van der Waals surface area contributed by atoms with Crippen molar-refractivity contribution in [3.63, 3.8) is 0 Å². The third kappa shape index (κ3) is 3.16. The van der Waals surface area contributed by atoms with Gasteiger partial charge in [0.25, 0.3) is 0 Å². The lowest BCUT2D eigenvalue weighted by Gasteiger charge is -2.28. The zero-order valence-electron chi connectivity index (χ0n) is 9.09. The molecule has 0 aliphatic carbocycles. The quantitative estimate of drug-likeness (QED) is 0.746. The topological polar surface area (TPSA) is 38.2 Å². The van der Waals surface area contributed by atoms with Crippen LogP contribution in [0.5, 0.6) is 5.75 Å². The van der Waals surface area contributed by atoms with Gasteiger partial charge in [0.2, 0.25) is 0 Å². The van der Waals surface area contributed by atoms with Gasteiger partial charge in [0.1, 0.15) is 6.33 Å². The third-order valence-electron chi connectivity index (χ3n) is 2.86. The molecule has 4 nitrogen and oxygen atoms in total. The van der Waals surface area contributed by atoms with Gasteiger partial charge >= 0.3 is 0 Å². The van der Waals surface area contributed by atoms with E-state index in [0.29, 0.717) is 5.92 Å². The Kier molecular flexibility index (Phi) is 3.50. The van der Waals surface area contributed by atoms with Crippen molar-refractivity contribution in [2.24, 2.45) is 5.92 Å². The van der Waals surface area contributed by atoms with E-state index in [1.165, 1.54) is 32.3 Å². The molecule has 0 bridgehead atoms. The summed E-state index contributed by atoms with van der Waals surface area (Å²) in [6.45, 7) is 3.15. The normalized spacial score (nSPS) is 19.0. The Bertz CT molecular complexity index is 283. The first-order valence-electron chi connectivity index (χ1n) is 5.41. The largest absolute Gasteiger partial charge is 0.490 e. The van der Waals surface area contributed by atoms with Gasteiger partial charge in [-0.25, -0.2) is 9.97 Å². The molecular weight excluding hydrogens is 190 g/mol. The molecule has 0 aromatic carbocycles. The van der Waals surface area contributed by atoms with Crippen LogP contribution in [0.15, 0.2) is 18.7 Å². The van der Waals surface area contributed by atoms with E-state index in [9.17, 15) is 0 Å². The molecule has 82 valence electrons. The Morgan fingerprint density at radius 3 is 2.67 bits per heavy atom. The second kappa shape index (κ2) is 5.07. The van der Waals surface area contributed by atoms with Crippen molar-refractivity contribution in [1.82, 2.24) is 14.9 Å². The summed E-state index contributed by atoms with van der Waals surface area (Å²) < 4.78 is 5.64. The lowest BCUT2D eigenvalue weighted by atomic mass is 9.98. The molecule has 1 aromatic rings. The van der Waals surface area contributed by atoms with E-state index in [1.807, 2.05) is 0 Å². The number of piperidine rings is 1. The number of likely N-dealkylation sites (tertiary alicyclic amines) is 1. The summed E-state index contributed by atoms with van der Waals surface area (Å²) in [5.41, 5.74) is 0. The highest BCUT2D eigenvalue weighted by molar-refractivity contribution is 5.09. The maximum absolute atomic E-state index is 5.64. The zero-order valence-corrected chi connectivity index (χ0v) is 9.09. The summed E-state index contributed by atoms with van der Waals surface area (Å²) >= 11 is 0. The van der Waals surface area contributed by atoms with Crippen molar-refractivity contribution in [1.29, 1.82) is 0 Å². The first-order valence-corrected chi connectivity index (χ1v) is 5.41. The van der Waals surface area contributed by atoms with Crippen LogP contribution in [-0.2, 0) is 0 Å². The Balaban J connectivity index is 1.74. The molecule has 2 rings (SSSR count). The molecule has 2 heterocycles. The molecule has 0 amide bonds. The van der Waals surface area contributed by atoms with E-state index in [1.54, 1.807) is 12.4 Å². The number of nitrogens with zero attached hydrogens (tertiary/aromatic N) is 3. The summed E-state index contributed by atoms with van der Waals surface area (Å²) in [7, 11) is 2.17. The van der Waals surface area contributed by atoms with Crippen LogP contribution in [0.25, 0.3) is 0 Å². The summed E-state index contributed by atoms with van der Waals surface area (Å²) in [5, 5.41) is 0. The molecule has 0 spiro atoms. The molecule has 0 saturated carbocycles. The monoisotopic (exact) mass is 207 g/mol. The highest BCUT2D eigenvalue weighted by atomic mass is 16.5. The minimum atomic E-state index is 0.682. The van der Waals surface area contributed by atoms with Crippen LogP contribution in [0.4, 0.5) is 0 Å². The molecule has 4 heteroatoms. The van der Waals surface area contributed by atoms with Crippen molar-refractivity contribution < 1.29 is 4.74 Å². The molecule has 1 aliphatic rings. The van der Waals surface area contributed by atoms with Gasteiger partial charge in [-0.05, 0) is 38.9 Å². The highest BCUT2D eigenvalue weighted by Gasteiger charge is 2.16. The van der Waals surface area contributed by atoms with Crippen LogP contribution in [-0.4, -0.2) is 41.6 Å². The molecule has 0 radical (unpaired) electrons. The second-order valence-electron chi connectivity index (χ2n) is 4.13. The van der Waals surface area contributed by atoms with Gasteiger partial charge in [0.05, 0.1) is 19.0 Å². The van der Waals surface area contributed by atoms with Crippen molar-refractivity contribution in [2.75, 3.05) is 26.7 Å². The van der Waals surface area contributed by atoms with Gasteiger partial charge in [-0.15, -0.1) is 0 Å². The van der Waals surface area contributed by atoms with Crippen LogP contribution < -0.4 is 4.74 Å². The van der Waals surface area contributed by atoms with Gasteiger partial charge in [-0.1, -0.05) is 0 Å². The molecule has 1 aliphatic heterocycles. The van der Waals surface area contributed by atoms with E-state index in [4.69, 9.17) is 4.74 Å². The minimum Gasteiger partial charge on any atom is -0.490 e. The predicted molar refractivity (Wildman–Crippen MR) is 57.7 cm³/mol. The molecule has 0 unspecified atom stereocenters. The van der Waals surface area contributed by atoms with E-state index in [-0.39, 0.29) is 0 Å². The standard InChI is InChI=1S/C11H17N3O/c1-14-4-2-10(3-5-14)8-15-11-6-12-9-13-7-11/h6-7,9-10H,2-5,8H2,1H3. The zero-order chi connectivity index (χ0) is 10.5. The summed E-state index contributed by atoms with van der Waals surface area (Å²) in [6.07, 6.45) is 7.39. The van der Waals surface area contributed by atoms with Crippen molar-refractivity contribution in [2.45, 2.75) is 12.8 Å². The number of aromatic nitrogens is 2. The molecule has 0 atom stereocenters. The van der Waals surface area contributed by atoms with Crippen molar-refractivity contribution in [3.05, 3.63) is 18.7 Å². The number of ether oxygens (including phenoxy) is 1. The summed E-state index contributed by atoms with van der Waals surface area (Å²) in [4.78, 5) is 10.2. The minimum absolute atomic E-state index is 0.682. The fourth-order valence-corrected chi connectivity index (χ4v) is 1.80. The number of hydrogen-bond donors (Lipinski definition) is 0. The van der Waals surface area contributed by atoms with Gasteiger partial charge in [-0.3, -0.25) is 0 Å². The Morgan fingerprint density at radius 1 is 1.33 bits per heavy atom. The average Bonchev–Trinajstić information content (AvgIpc) is 2.30. The van der Waals surface area contributed by atoms with Crippen LogP contribution >= 0.6 is 0 Å². The SMILES string of the molecule is CN1CCC(COc2cncnc2)CC1. The lowest BCUT2D eigenvalue weighted by Crippen LogP contribution is -2.32. The van der Waals surface area contributed by atoms with E-state index < -0.39 is 0 Å². The Hall–Kier alpha value is -1.16. The van der Waals surface area contributed by atoms with Crippen molar-refractivity contribution in [3.8, 4) is 5.75 Å². The van der Waals surface area contributed by atoms with Crippen LogP contribution in [0.2, 0.25) is 0 Å². The van der Waals surface area contributed by atoms with E-state index in [0.717, 1.165) is 12.4 Å². The van der Waals surface area contributed by atoms with E-state index >= 15 is 0 Å². The first kappa shape index (κ1) is 10.4. The van der Waals surface area contributed by atoms with Crippen molar-refractivity contribution >= 4 is 0 Å². The smallest absolute Gasteiger partial charge is 0.155 e. The summed E-state index contributed by atoms with van der Waals surface area (Å²) in [6, 6.07) is 0. The Labute approximate surface area is 90.3 Å². The van der Waals surface area contributed by atoms with Crippen LogP contribution in [0.3, 0.4) is 0 Å². The summed E-state index contributed by atoms with van der Waals surface area (Å²) in [5.74, 6) is 1.46. The lowest BCUT2D eigenvalue weighted by molar-refractivity contribution is 0.159. The maximum atomic E-state index is 5.64. The predicted octanol–water partition coefficient (Wildman–Crippen LogP) is 1.20. The number of hydrogen-bond acceptors (Lipinski definition) is 4. The van der Waals surface area contributed by atoms with Gasteiger partial charge in [-0.2, -0.15) is 0 Å². The maximum Gasteiger partial charge on any atom is 0.155 e. The number of rotatable bonds is 3. The molecule has 1 saturated heterocycles. The Morgan fingerprint density at radius 2 is 2.00 bits per heavy atom. The average molecular weight is 207 g/mol. The highest BCUT2D eigenvalue weighted by Crippen LogP contribution is 2.17. The second-order valence-corrected chi connectivity index (χ2v) is 4.13. The van der Waals surface area contributed by atoms with Gasteiger partial charge in [0.15, 0.2) is 5.75 Å². The third-order valence-corrected chi connectivity index (χ3v) is 2.86. The van der Waals surface area contributed by atoms with Crippen LogP contribution in [0.1, 0.15) is 12.8 Å². The molecule has 15 heavy (non-hydrogen) atoms. The molecule has 1 aromatic heterocycles. The molecule has 0 N–H and O–H groups in total. The van der Waals surface area contributed by atoms with Crippen LogP contribution in [0, 0.1) is 5.92 Å². The fourth-order valence-electron chi connectivity index (χ4n) is 1.80. The molecular formula is C11H17N3O. The first-order chi connectivity index (χ1) is 7.34. The van der Waals surface area contributed by atoms with E-state index in [2.05, 4.69) is 21.9 Å². The van der Waals surface area contributed by atoms with Gasteiger partial charge in [0, 0.05) is 0 Å². The van der Waals surface area contributed by atoms with Gasteiger partial charge < -0.3 is 9.64 Å². The fraction of sp³-hybridized carbons (Fsp3) is 0.636. The molecule has 1 fully saturated rings.